The number of nitro benzene ring substituents is 1. The maximum Gasteiger partial charge on any atom is 0.270 e. The van der Waals surface area contributed by atoms with Gasteiger partial charge in [0.2, 0.25) is 0 Å². The maximum atomic E-state index is 11.2. The lowest BCUT2D eigenvalue weighted by molar-refractivity contribution is -0.385. The molecule has 0 atom stereocenters. The minimum absolute atomic E-state index is 0.0535. The smallest absolute Gasteiger partial charge is 0.270 e. The Balaban J connectivity index is 1.64. The molecule has 1 aliphatic rings. The second-order valence-corrected chi connectivity index (χ2v) is 6.87. The summed E-state index contributed by atoms with van der Waals surface area (Å²) in [6, 6.07) is 9.22. The third-order valence-corrected chi connectivity index (χ3v) is 4.36. The molecule has 0 fully saturated rings. The molecule has 0 N–H and O–H groups in total. The molecule has 0 amide bonds. The number of benzene rings is 2. The van der Waals surface area contributed by atoms with E-state index in [1.165, 1.54) is 17.2 Å². The number of hydrogen-bond donors (Lipinski definition) is 0. The summed E-state index contributed by atoms with van der Waals surface area (Å²) < 4.78 is 16.7. The van der Waals surface area contributed by atoms with Crippen LogP contribution in [0.4, 0.5) is 5.69 Å². The fraction of sp³-hybridized carbons (Fsp3) is 0.400. The standard InChI is InChI=1S/C20H24N2O5/c1-14-6-15(2)8-19(7-14)26-5-4-21(3)11-16-9-18(22(23)24)10-17-12-25-13-27-20(16)17/h6-10H,4-5,11-13H2,1-3H3. The van der Waals surface area contributed by atoms with Crippen molar-refractivity contribution in [1.82, 2.24) is 4.90 Å². The van der Waals surface area contributed by atoms with Crippen LogP contribution in [0, 0.1) is 24.0 Å². The van der Waals surface area contributed by atoms with Gasteiger partial charge >= 0.3 is 0 Å². The predicted molar refractivity (Wildman–Crippen MR) is 101 cm³/mol. The van der Waals surface area contributed by atoms with E-state index in [0.717, 1.165) is 11.3 Å². The fourth-order valence-electron chi connectivity index (χ4n) is 3.21. The minimum Gasteiger partial charge on any atom is -0.492 e. The topological polar surface area (TPSA) is 74.1 Å². The van der Waals surface area contributed by atoms with Gasteiger partial charge in [-0.1, -0.05) is 6.07 Å². The Morgan fingerprint density at radius 2 is 1.93 bits per heavy atom. The van der Waals surface area contributed by atoms with Gasteiger partial charge in [-0.25, -0.2) is 0 Å². The Morgan fingerprint density at radius 1 is 1.19 bits per heavy atom. The first-order valence-electron chi connectivity index (χ1n) is 8.83. The lowest BCUT2D eigenvalue weighted by atomic mass is 10.1. The average Bonchev–Trinajstić information content (AvgIpc) is 2.60. The van der Waals surface area contributed by atoms with Crippen molar-refractivity contribution < 1.29 is 19.1 Å². The van der Waals surface area contributed by atoms with Gasteiger partial charge < -0.3 is 14.2 Å². The summed E-state index contributed by atoms with van der Waals surface area (Å²) in [5.41, 5.74) is 3.89. The van der Waals surface area contributed by atoms with Crippen molar-refractivity contribution in [3.8, 4) is 11.5 Å². The van der Waals surface area contributed by atoms with Crippen molar-refractivity contribution in [2.75, 3.05) is 27.0 Å². The fourth-order valence-corrected chi connectivity index (χ4v) is 3.21. The van der Waals surface area contributed by atoms with Crippen LogP contribution in [-0.2, 0) is 17.9 Å². The molecule has 2 aromatic rings. The Bertz CT molecular complexity index is 817. The zero-order valence-electron chi connectivity index (χ0n) is 15.9. The van der Waals surface area contributed by atoms with Crippen LogP contribution in [0.25, 0.3) is 0 Å². The van der Waals surface area contributed by atoms with Gasteiger partial charge in [-0.2, -0.15) is 0 Å². The van der Waals surface area contributed by atoms with Gasteiger partial charge in [0, 0.05) is 36.3 Å². The van der Waals surface area contributed by atoms with E-state index in [1.807, 2.05) is 33.0 Å². The van der Waals surface area contributed by atoms with E-state index in [9.17, 15) is 10.1 Å². The molecule has 0 saturated heterocycles. The Labute approximate surface area is 158 Å². The van der Waals surface area contributed by atoms with Crippen molar-refractivity contribution in [2.45, 2.75) is 27.0 Å². The first-order valence-corrected chi connectivity index (χ1v) is 8.83. The number of aryl methyl sites for hydroxylation is 2. The van der Waals surface area contributed by atoms with Gasteiger partial charge in [0.15, 0.2) is 6.79 Å². The van der Waals surface area contributed by atoms with E-state index < -0.39 is 0 Å². The van der Waals surface area contributed by atoms with E-state index in [2.05, 4.69) is 11.0 Å². The molecule has 1 aliphatic heterocycles. The van der Waals surface area contributed by atoms with Crippen LogP contribution >= 0.6 is 0 Å². The highest BCUT2D eigenvalue weighted by Crippen LogP contribution is 2.33. The largest absolute Gasteiger partial charge is 0.492 e. The van der Waals surface area contributed by atoms with Crippen molar-refractivity contribution in [1.29, 1.82) is 0 Å². The van der Waals surface area contributed by atoms with Crippen LogP contribution < -0.4 is 9.47 Å². The molecule has 7 nitrogen and oxygen atoms in total. The molecule has 1 heterocycles. The highest BCUT2D eigenvalue weighted by Gasteiger charge is 2.21. The second-order valence-electron chi connectivity index (χ2n) is 6.87. The van der Waals surface area contributed by atoms with Crippen LogP contribution in [0.3, 0.4) is 0 Å². The molecular weight excluding hydrogens is 348 g/mol. The molecule has 0 aliphatic carbocycles. The van der Waals surface area contributed by atoms with Crippen molar-refractivity contribution >= 4 is 5.69 Å². The number of non-ortho nitro benzene ring substituents is 1. The van der Waals surface area contributed by atoms with Gasteiger partial charge in [0.1, 0.15) is 18.1 Å². The number of rotatable bonds is 7. The molecule has 144 valence electrons. The predicted octanol–water partition coefficient (Wildman–Crippen LogP) is 3.59. The number of hydrogen-bond acceptors (Lipinski definition) is 6. The van der Waals surface area contributed by atoms with Gasteiger partial charge in [-0.05, 0) is 44.2 Å². The van der Waals surface area contributed by atoms with Crippen LogP contribution in [0.2, 0.25) is 0 Å². The van der Waals surface area contributed by atoms with E-state index in [-0.39, 0.29) is 17.4 Å². The highest BCUT2D eigenvalue weighted by molar-refractivity contribution is 5.50. The number of ether oxygens (including phenoxy) is 3. The maximum absolute atomic E-state index is 11.2. The number of likely N-dealkylation sites (N-methyl/N-ethyl adjacent to an activating group) is 1. The van der Waals surface area contributed by atoms with E-state index >= 15 is 0 Å². The van der Waals surface area contributed by atoms with Gasteiger partial charge in [0.05, 0.1) is 11.5 Å². The van der Waals surface area contributed by atoms with Gasteiger partial charge in [-0.3, -0.25) is 15.0 Å². The summed E-state index contributed by atoms with van der Waals surface area (Å²) in [6.07, 6.45) is 0. The SMILES string of the molecule is Cc1cc(C)cc(OCCN(C)Cc2cc([N+](=O)[O-])cc3c2OCOC3)c1. The van der Waals surface area contributed by atoms with E-state index in [0.29, 0.717) is 37.6 Å². The average molecular weight is 372 g/mol. The third kappa shape index (κ3) is 4.96. The number of nitrogens with zero attached hydrogens (tertiary/aromatic N) is 2. The van der Waals surface area contributed by atoms with Crippen LogP contribution in [0.15, 0.2) is 30.3 Å². The minimum atomic E-state index is -0.387. The molecule has 27 heavy (non-hydrogen) atoms. The van der Waals surface area contributed by atoms with Crippen LogP contribution in [-0.4, -0.2) is 36.8 Å². The molecule has 3 rings (SSSR count). The zero-order valence-corrected chi connectivity index (χ0v) is 15.9. The van der Waals surface area contributed by atoms with E-state index in [1.54, 1.807) is 6.07 Å². The summed E-state index contributed by atoms with van der Waals surface area (Å²) in [7, 11) is 1.95. The lowest BCUT2D eigenvalue weighted by Crippen LogP contribution is -2.25. The van der Waals surface area contributed by atoms with Crippen molar-refractivity contribution in [3.63, 3.8) is 0 Å². The molecule has 0 bridgehead atoms. The molecule has 0 unspecified atom stereocenters. The monoisotopic (exact) mass is 372 g/mol. The van der Waals surface area contributed by atoms with Crippen molar-refractivity contribution in [2.24, 2.45) is 0 Å². The van der Waals surface area contributed by atoms with E-state index in [4.69, 9.17) is 14.2 Å². The summed E-state index contributed by atoms with van der Waals surface area (Å²) >= 11 is 0. The first kappa shape index (κ1) is 19.1. The molecule has 0 spiro atoms. The quantitative estimate of drug-likeness (QED) is 0.546. The Hall–Kier alpha value is -2.64. The zero-order chi connectivity index (χ0) is 19.4. The molecule has 7 heteroatoms. The summed E-state index contributed by atoms with van der Waals surface area (Å²) in [6.45, 7) is 6.31. The third-order valence-electron chi connectivity index (χ3n) is 4.36. The highest BCUT2D eigenvalue weighted by atomic mass is 16.7. The molecule has 0 aromatic heterocycles. The van der Waals surface area contributed by atoms with Crippen LogP contribution in [0.1, 0.15) is 22.3 Å². The Morgan fingerprint density at radius 3 is 2.63 bits per heavy atom. The van der Waals surface area contributed by atoms with Crippen LogP contribution in [0.5, 0.6) is 11.5 Å². The number of nitro groups is 1. The van der Waals surface area contributed by atoms with Gasteiger partial charge in [-0.15, -0.1) is 0 Å². The first-order chi connectivity index (χ1) is 12.9. The summed E-state index contributed by atoms with van der Waals surface area (Å²) in [5, 5.41) is 11.2. The Kier molecular flexibility index (Phi) is 5.93. The summed E-state index contributed by atoms with van der Waals surface area (Å²) in [4.78, 5) is 12.9. The molecule has 2 aromatic carbocycles. The molecule has 0 saturated carbocycles. The number of fused-ring (bicyclic) bond motifs is 1. The lowest BCUT2D eigenvalue weighted by Gasteiger charge is -2.23. The molecule has 0 radical (unpaired) electrons. The summed E-state index contributed by atoms with van der Waals surface area (Å²) in [5.74, 6) is 1.54. The van der Waals surface area contributed by atoms with Gasteiger partial charge in [0.25, 0.3) is 5.69 Å². The second kappa shape index (κ2) is 8.37. The normalized spacial score (nSPS) is 13.2. The van der Waals surface area contributed by atoms with Crippen molar-refractivity contribution in [3.05, 3.63) is 62.7 Å². The molecular formula is C20H24N2O5.